The minimum Gasteiger partial charge on any atom is -0.384 e. The van der Waals surface area contributed by atoms with Crippen molar-refractivity contribution in [3.05, 3.63) is 24.3 Å². The average molecular weight is 238 g/mol. The highest BCUT2D eigenvalue weighted by Crippen LogP contribution is 2.13. The van der Waals surface area contributed by atoms with Crippen molar-refractivity contribution in [1.82, 2.24) is 4.72 Å². The fourth-order valence-corrected chi connectivity index (χ4v) is 1.88. The molecular formula is C11H14N2O2S. The number of benzene rings is 1. The van der Waals surface area contributed by atoms with Crippen LogP contribution in [0.3, 0.4) is 0 Å². The molecule has 0 heterocycles. The summed E-state index contributed by atoms with van der Waals surface area (Å²) >= 11 is 0. The average Bonchev–Trinajstić information content (AvgIpc) is 2.30. The van der Waals surface area contributed by atoms with Crippen LogP contribution in [0.2, 0.25) is 0 Å². The molecule has 0 unspecified atom stereocenters. The van der Waals surface area contributed by atoms with Crippen molar-refractivity contribution >= 4 is 15.7 Å². The molecule has 0 fully saturated rings. The lowest BCUT2D eigenvalue weighted by molar-refractivity contribution is 0.588. The molecule has 5 heteroatoms. The van der Waals surface area contributed by atoms with E-state index in [2.05, 4.69) is 16.0 Å². The zero-order chi connectivity index (χ0) is 12.0. The minimum absolute atomic E-state index is 0.248. The van der Waals surface area contributed by atoms with Gasteiger partial charge in [0, 0.05) is 18.7 Å². The van der Waals surface area contributed by atoms with Gasteiger partial charge >= 0.3 is 0 Å². The number of rotatable bonds is 5. The molecule has 2 N–H and O–H groups in total. The maximum Gasteiger partial charge on any atom is 0.240 e. The number of hydrogen-bond donors (Lipinski definition) is 2. The minimum atomic E-state index is -3.35. The lowest BCUT2D eigenvalue weighted by Crippen LogP contribution is -2.18. The molecule has 1 aromatic carbocycles. The van der Waals surface area contributed by atoms with Gasteiger partial charge in [-0.3, -0.25) is 0 Å². The Kier molecular flexibility index (Phi) is 4.35. The normalized spacial score (nSPS) is 10.8. The summed E-state index contributed by atoms with van der Waals surface area (Å²) in [5, 5.41) is 3.08. The summed E-state index contributed by atoms with van der Waals surface area (Å²) in [6.45, 7) is 0.675. The highest BCUT2D eigenvalue weighted by Gasteiger charge is 2.09. The lowest BCUT2D eigenvalue weighted by Gasteiger charge is -2.06. The third-order valence-corrected chi connectivity index (χ3v) is 3.46. The molecule has 0 saturated heterocycles. The first-order valence-corrected chi connectivity index (χ1v) is 6.29. The van der Waals surface area contributed by atoms with Gasteiger partial charge in [-0.25, -0.2) is 13.1 Å². The van der Waals surface area contributed by atoms with Gasteiger partial charge in [0.2, 0.25) is 10.0 Å². The molecule has 4 nitrogen and oxygen atoms in total. The highest BCUT2D eigenvalue weighted by molar-refractivity contribution is 7.89. The second kappa shape index (κ2) is 5.54. The predicted molar refractivity (Wildman–Crippen MR) is 64.6 cm³/mol. The van der Waals surface area contributed by atoms with Gasteiger partial charge in [0.05, 0.1) is 4.90 Å². The van der Waals surface area contributed by atoms with Crippen LogP contribution in [0.15, 0.2) is 29.2 Å². The molecule has 0 amide bonds. The van der Waals surface area contributed by atoms with Crippen LogP contribution in [0.25, 0.3) is 0 Å². The molecule has 0 atom stereocenters. The van der Waals surface area contributed by atoms with Crippen LogP contribution in [0, 0.1) is 12.3 Å². The summed E-state index contributed by atoms with van der Waals surface area (Å²) in [5.41, 5.74) is 0.852. The molecule has 86 valence electrons. The van der Waals surface area contributed by atoms with E-state index < -0.39 is 10.0 Å². The Labute approximate surface area is 96.1 Å². The van der Waals surface area contributed by atoms with Crippen LogP contribution < -0.4 is 10.0 Å². The van der Waals surface area contributed by atoms with Crippen molar-refractivity contribution in [1.29, 1.82) is 0 Å². The Balaban J connectivity index is 2.73. The van der Waals surface area contributed by atoms with Crippen molar-refractivity contribution in [2.45, 2.75) is 11.3 Å². The zero-order valence-electron chi connectivity index (χ0n) is 9.03. The molecule has 1 rings (SSSR count). The van der Waals surface area contributed by atoms with Crippen LogP contribution in [0.4, 0.5) is 5.69 Å². The summed E-state index contributed by atoms with van der Waals surface area (Å²) in [5.74, 6) is 2.51. The summed E-state index contributed by atoms with van der Waals surface area (Å²) in [6, 6.07) is 6.51. The van der Waals surface area contributed by atoms with Gasteiger partial charge in [-0.2, -0.15) is 0 Å². The molecule has 0 aromatic heterocycles. The van der Waals surface area contributed by atoms with Gasteiger partial charge < -0.3 is 5.32 Å². The number of terminal acetylenes is 1. The zero-order valence-corrected chi connectivity index (χ0v) is 9.84. The van der Waals surface area contributed by atoms with E-state index in [1.54, 1.807) is 24.3 Å². The van der Waals surface area contributed by atoms with Crippen molar-refractivity contribution < 1.29 is 8.42 Å². The number of anilines is 1. The van der Waals surface area contributed by atoms with Crippen LogP contribution in [-0.4, -0.2) is 22.0 Å². The fourth-order valence-electron chi connectivity index (χ4n) is 1.15. The van der Waals surface area contributed by atoms with Crippen LogP contribution in [-0.2, 0) is 10.0 Å². The van der Waals surface area contributed by atoms with Crippen LogP contribution in [0.1, 0.15) is 6.42 Å². The summed E-state index contributed by atoms with van der Waals surface area (Å²) in [6.07, 6.45) is 5.75. The molecule has 0 radical (unpaired) electrons. The Hall–Kier alpha value is -1.51. The quantitative estimate of drug-likeness (QED) is 0.595. The molecule has 0 spiro atoms. The van der Waals surface area contributed by atoms with Crippen LogP contribution in [0.5, 0.6) is 0 Å². The summed E-state index contributed by atoms with van der Waals surface area (Å²) in [4.78, 5) is 0.248. The molecule has 0 saturated carbocycles. The second-order valence-corrected chi connectivity index (χ2v) is 5.00. The monoisotopic (exact) mass is 238 g/mol. The van der Waals surface area contributed by atoms with Gasteiger partial charge in [-0.15, -0.1) is 12.3 Å². The Morgan fingerprint density at radius 3 is 2.44 bits per heavy atom. The largest absolute Gasteiger partial charge is 0.384 e. The molecular weight excluding hydrogens is 224 g/mol. The van der Waals surface area contributed by atoms with E-state index in [9.17, 15) is 8.42 Å². The van der Waals surface area contributed by atoms with Crippen LogP contribution >= 0.6 is 0 Å². The van der Waals surface area contributed by atoms with E-state index in [-0.39, 0.29) is 4.90 Å². The van der Waals surface area contributed by atoms with E-state index in [4.69, 9.17) is 6.42 Å². The molecule has 0 bridgehead atoms. The number of sulfonamides is 1. The predicted octanol–water partition coefficient (Wildman–Crippen LogP) is 1.03. The number of nitrogens with one attached hydrogen (secondary N) is 2. The maximum atomic E-state index is 11.4. The summed E-state index contributed by atoms with van der Waals surface area (Å²) in [7, 11) is -1.97. The van der Waals surface area contributed by atoms with Crippen molar-refractivity contribution in [2.75, 3.05) is 18.9 Å². The maximum absolute atomic E-state index is 11.4. The standard InChI is InChI=1S/C11H14N2O2S/c1-3-4-9-13-10-5-7-11(8-6-10)16(14,15)12-2/h1,5-8,12-13H,4,9H2,2H3. The Morgan fingerprint density at radius 1 is 1.31 bits per heavy atom. The molecule has 16 heavy (non-hydrogen) atoms. The fraction of sp³-hybridized carbons (Fsp3) is 0.273. The van der Waals surface area contributed by atoms with Gasteiger partial charge in [0.25, 0.3) is 0 Å². The van der Waals surface area contributed by atoms with E-state index in [0.717, 1.165) is 5.69 Å². The van der Waals surface area contributed by atoms with Gasteiger partial charge in [0.1, 0.15) is 0 Å². The van der Waals surface area contributed by atoms with E-state index >= 15 is 0 Å². The molecule has 0 aliphatic heterocycles. The van der Waals surface area contributed by atoms with Crippen molar-refractivity contribution in [3.63, 3.8) is 0 Å². The van der Waals surface area contributed by atoms with E-state index in [1.165, 1.54) is 7.05 Å². The summed E-state index contributed by atoms with van der Waals surface area (Å²) < 4.78 is 25.1. The molecule has 1 aromatic rings. The van der Waals surface area contributed by atoms with E-state index in [1.807, 2.05) is 0 Å². The van der Waals surface area contributed by atoms with Gasteiger partial charge in [0.15, 0.2) is 0 Å². The molecule has 0 aliphatic rings. The first-order valence-electron chi connectivity index (χ1n) is 4.81. The van der Waals surface area contributed by atoms with Gasteiger partial charge in [-0.1, -0.05) is 0 Å². The van der Waals surface area contributed by atoms with E-state index in [0.29, 0.717) is 13.0 Å². The smallest absolute Gasteiger partial charge is 0.240 e. The Morgan fingerprint density at radius 2 is 1.94 bits per heavy atom. The lowest BCUT2D eigenvalue weighted by atomic mass is 10.3. The van der Waals surface area contributed by atoms with Crippen molar-refractivity contribution in [2.24, 2.45) is 0 Å². The molecule has 0 aliphatic carbocycles. The van der Waals surface area contributed by atoms with Gasteiger partial charge in [-0.05, 0) is 31.3 Å². The topological polar surface area (TPSA) is 58.2 Å². The Bertz CT molecular complexity index is 472. The first kappa shape index (κ1) is 12.6. The third kappa shape index (κ3) is 3.26. The SMILES string of the molecule is C#CCCNc1ccc(S(=O)(=O)NC)cc1. The first-order chi connectivity index (χ1) is 7.60. The number of hydrogen-bond acceptors (Lipinski definition) is 3. The van der Waals surface area contributed by atoms with Crippen molar-refractivity contribution in [3.8, 4) is 12.3 Å². The third-order valence-electron chi connectivity index (χ3n) is 2.03. The second-order valence-electron chi connectivity index (χ2n) is 3.11. The highest BCUT2D eigenvalue weighted by atomic mass is 32.2.